The Labute approximate surface area is 205 Å². The lowest BCUT2D eigenvalue weighted by molar-refractivity contribution is 0.0794. The standard InChI is InChI=1S/C23H24Cl2F2N4OS/c1-13(26)29-7-6-17(28)20-18-10-23(32,11-24)12-31(18)22(19-3-2-8-33-19)30-21(20)15-5-4-14(27)9-16(15)25/h2,4-9,13,19,21,32H,3,10-12,28H2,1H3/t13?,19?,21-,23+/m0/s1. The first kappa shape index (κ1) is 24.3. The van der Waals surface area contributed by atoms with Crippen molar-refractivity contribution in [3.63, 3.8) is 0 Å². The average molecular weight is 513 g/mol. The van der Waals surface area contributed by atoms with Gasteiger partial charge in [-0.3, -0.25) is 9.98 Å². The zero-order valence-electron chi connectivity index (χ0n) is 17.9. The molecule has 0 aromatic heterocycles. The maximum atomic E-state index is 13.8. The molecular formula is C23H24Cl2F2N4OS. The summed E-state index contributed by atoms with van der Waals surface area (Å²) >= 11 is 14.2. The molecule has 3 aliphatic heterocycles. The van der Waals surface area contributed by atoms with Crippen LogP contribution in [0.2, 0.25) is 5.02 Å². The van der Waals surface area contributed by atoms with Crippen LogP contribution in [0.5, 0.6) is 0 Å². The molecule has 33 heavy (non-hydrogen) atoms. The van der Waals surface area contributed by atoms with Gasteiger partial charge in [-0.25, -0.2) is 8.78 Å². The Morgan fingerprint density at radius 2 is 2.30 bits per heavy atom. The van der Waals surface area contributed by atoms with Gasteiger partial charge in [0, 0.05) is 40.2 Å². The second-order valence-electron chi connectivity index (χ2n) is 8.26. The molecule has 1 aromatic rings. The fraction of sp³-hybridized carbons (Fsp3) is 0.391. The number of aliphatic hydroxyl groups is 1. The average Bonchev–Trinajstić information content (AvgIpc) is 3.40. The molecule has 4 atom stereocenters. The van der Waals surface area contributed by atoms with Crippen LogP contribution in [-0.4, -0.2) is 51.6 Å². The first-order chi connectivity index (χ1) is 15.7. The molecule has 3 aliphatic rings. The molecule has 0 saturated carbocycles. The number of nitrogens with two attached hydrogens (primary N) is 1. The summed E-state index contributed by atoms with van der Waals surface area (Å²) in [5, 5.41) is 13.4. The Balaban J connectivity index is 1.89. The van der Waals surface area contributed by atoms with Crippen molar-refractivity contribution >= 4 is 47.0 Å². The second kappa shape index (κ2) is 9.78. The Morgan fingerprint density at radius 1 is 1.52 bits per heavy atom. The van der Waals surface area contributed by atoms with Gasteiger partial charge in [-0.05, 0) is 37.0 Å². The van der Waals surface area contributed by atoms with Crippen molar-refractivity contribution < 1.29 is 13.9 Å². The molecule has 0 radical (unpaired) electrons. The minimum Gasteiger partial charge on any atom is -0.398 e. The number of rotatable bonds is 6. The predicted octanol–water partition coefficient (Wildman–Crippen LogP) is 5.11. The van der Waals surface area contributed by atoms with Crippen molar-refractivity contribution in [3.8, 4) is 0 Å². The van der Waals surface area contributed by atoms with Gasteiger partial charge in [0.15, 0.2) is 6.30 Å². The van der Waals surface area contributed by atoms with Crippen LogP contribution in [0.1, 0.15) is 31.4 Å². The third kappa shape index (κ3) is 4.99. The number of benzene rings is 1. The molecule has 176 valence electrons. The van der Waals surface area contributed by atoms with Crippen LogP contribution >= 0.6 is 35.0 Å². The number of alkyl halides is 2. The summed E-state index contributed by atoms with van der Waals surface area (Å²) in [5.74, 6) is 0.366. The summed E-state index contributed by atoms with van der Waals surface area (Å²) in [6, 6.07) is 3.52. The SMILES string of the molecule is CC(F)N=CC=C(N)C1=C2C[C@@](O)(CCl)CN2C(C2CC=CS2)=N[C@H]1c1ccc(F)cc1Cl. The molecule has 2 unspecified atom stereocenters. The molecule has 0 aliphatic carbocycles. The van der Waals surface area contributed by atoms with E-state index in [1.54, 1.807) is 17.8 Å². The number of thioether (sulfide) groups is 1. The first-order valence-electron chi connectivity index (χ1n) is 10.5. The summed E-state index contributed by atoms with van der Waals surface area (Å²) in [6.07, 6.45) is 4.56. The van der Waals surface area contributed by atoms with Crippen LogP contribution in [0.4, 0.5) is 8.78 Å². The van der Waals surface area contributed by atoms with Gasteiger partial charge in [0.1, 0.15) is 23.3 Å². The van der Waals surface area contributed by atoms with Crippen LogP contribution in [0.25, 0.3) is 0 Å². The number of allylic oxidation sites excluding steroid dienone is 2. The van der Waals surface area contributed by atoms with Crippen molar-refractivity contribution in [1.82, 2.24) is 4.90 Å². The molecule has 1 aromatic carbocycles. The van der Waals surface area contributed by atoms with Gasteiger partial charge in [0.05, 0.1) is 17.7 Å². The minimum absolute atomic E-state index is 0.0377. The van der Waals surface area contributed by atoms with Crippen LogP contribution < -0.4 is 5.73 Å². The van der Waals surface area contributed by atoms with E-state index >= 15 is 0 Å². The molecule has 4 rings (SSSR count). The maximum absolute atomic E-state index is 13.8. The highest BCUT2D eigenvalue weighted by Gasteiger charge is 2.47. The van der Waals surface area contributed by atoms with Crippen LogP contribution in [-0.2, 0) is 0 Å². The molecule has 3 N–H and O–H groups in total. The zero-order chi connectivity index (χ0) is 23.8. The lowest BCUT2D eigenvalue weighted by Gasteiger charge is -2.35. The lowest BCUT2D eigenvalue weighted by Crippen LogP contribution is -2.42. The number of amidine groups is 1. The van der Waals surface area contributed by atoms with Gasteiger partial charge in [-0.15, -0.1) is 23.4 Å². The van der Waals surface area contributed by atoms with E-state index in [1.165, 1.54) is 31.3 Å². The van der Waals surface area contributed by atoms with E-state index in [1.807, 2.05) is 10.3 Å². The van der Waals surface area contributed by atoms with Gasteiger partial charge in [0.2, 0.25) is 0 Å². The molecule has 0 bridgehead atoms. The summed E-state index contributed by atoms with van der Waals surface area (Å²) in [7, 11) is 0. The fourth-order valence-corrected chi connectivity index (χ4v) is 5.63. The first-order valence-corrected chi connectivity index (χ1v) is 12.3. The monoisotopic (exact) mass is 512 g/mol. The third-order valence-corrected chi connectivity index (χ3v) is 7.64. The molecule has 0 spiro atoms. The smallest absolute Gasteiger partial charge is 0.187 e. The lowest BCUT2D eigenvalue weighted by atomic mass is 9.91. The van der Waals surface area contributed by atoms with E-state index in [-0.39, 0.29) is 29.1 Å². The Bertz CT molecular complexity index is 1080. The van der Waals surface area contributed by atoms with Crippen molar-refractivity contribution in [1.29, 1.82) is 0 Å². The second-order valence-corrected chi connectivity index (χ2v) is 10.1. The Kier molecular flexibility index (Phi) is 7.19. The molecule has 1 fully saturated rings. The van der Waals surface area contributed by atoms with Crippen LogP contribution in [0.15, 0.2) is 62.7 Å². The molecule has 0 amide bonds. The van der Waals surface area contributed by atoms with Crippen molar-refractivity contribution in [2.24, 2.45) is 15.7 Å². The van der Waals surface area contributed by atoms with Gasteiger partial charge in [-0.2, -0.15) is 0 Å². The molecule has 3 heterocycles. The topological polar surface area (TPSA) is 74.2 Å². The molecular weight excluding hydrogens is 489 g/mol. The van der Waals surface area contributed by atoms with Crippen LogP contribution in [0.3, 0.4) is 0 Å². The zero-order valence-corrected chi connectivity index (χ0v) is 20.2. The number of halogens is 4. The highest BCUT2D eigenvalue weighted by Crippen LogP contribution is 2.47. The van der Waals surface area contributed by atoms with Gasteiger partial charge >= 0.3 is 0 Å². The van der Waals surface area contributed by atoms with E-state index in [0.29, 0.717) is 16.8 Å². The van der Waals surface area contributed by atoms with Gasteiger partial charge < -0.3 is 15.7 Å². The molecule has 10 heteroatoms. The van der Waals surface area contributed by atoms with Crippen molar-refractivity contribution in [2.75, 3.05) is 12.4 Å². The summed E-state index contributed by atoms with van der Waals surface area (Å²) in [5.41, 5.74) is 7.59. The third-order valence-electron chi connectivity index (χ3n) is 5.74. The quantitative estimate of drug-likeness (QED) is 0.315. The van der Waals surface area contributed by atoms with Crippen molar-refractivity contribution in [3.05, 3.63) is 69.1 Å². The number of aliphatic imine (C=N–C) groups is 2. The van der Waals surface area contributed by atoms with E-state index in [0.717, 1.165) is 18.0 Å². The fourth-order valence-electron chi connectivity index (χ4n) is 4.24. The number of hydrogen-bond acceptors (Lipinski definition) is 6. The molecule has 5 nitrogen and oxygen atoms in total. The Hall–Kier alpha value is -1.87. The summed E-state index contributed by atoms with van der Waals surface area (Å²) in [4.78, 5) is 10.7. The van der Waals surface area contributed by atoms with Gasteiger partial charge in [-0.1, -0.05) is 23.7 Å². The van der Waals surface area contributed by atoms with E-state index in [2.05, 4.69) is 11.1 Å². The van der Waals surface area contributed by atoms with Crippen LogP contribution in [0, 0.1) is 5.82 Å². The number of fused-ring (bicyclic) bond motifs is 1. The number of nitrogens with zero attached hydrogens (tertiary/aromatic N) is 3. The highest BCUT2D eigenvalue weighted by molar-refractivity contribution is 8.03. The largest absolute Gasteiger partial charge is 0.398 e. The number of hydrogen-bond donors (Lipinski definition) is 2. The summed E-state index contributed by atoms with van der Waals surface area (Å²) < 4.78 is 27.0. The molecule has 1 saturated heterocycles. The van der Waals surface area contributed by atoms with E-state index < -0.39 is 23.8 Å². The maximum Gasteiger partial charge on any atom is 0.187 e. The van der Waals surface area contributed by atoms with Gasteiger partial charge in [0.25, 0.3) is 0 Å². The van der Waals surface area contributed by atoms with Crippen molar-refractivity contribution in [2.45, 2.75) is 43.0 Å². The summed E-state index contributed by atoms with van der Waals surface area (Å²) in [6.45, 7) is 1.59. The highest BCUT2D eigenvalue weighted by atomic mass is 35.5. The van der Waals surface area contributed by atoms with E-state index in [4.69, 9.17) is 33.9 Å². The normalized spacial score (nSPS) is 28.6. The minimum atomic E-state index is -1.37. The predicted molar refractivity (Wildman–Crippen MR) is 132 cm³/mol. The Morgan fingerprint density at radius 3 is 2.94 bits per heavy atom. The van der Waals surface area contributed by atoms with E-state index in [9.17, 15) is 13.9 Å².